The number of hydrogen-bond donors (Lipinski definition) is 1. The van der Waals surface area contributed by atoms with Crippen molar-refractivity contribution in [3.63, 3.8) is 0 Å². The van der Waals surface area contributed by atoms with Crippen LogP contribution >= 0.6 is 0 Å². The fraction of sp³-hybridized carbons (Fsp3) is 0.375. The molecule has 0 aromatic heterocycles. The van der Waals surface area contributed by atoms with Crippen molar-refractivity contribution in [3.05, 3.63) is 29.3 Å². The summed E-state index contributed by atoms with van der Waals surface area (Å²) in [5.74, 6) is -1.91. The number of amides is 4. The molecule has 1 saturated heterocycles. The Kier molecular flexibility index (Phi) is 4.30. The molecule has 4 amide bonds. The first-order valence-corrected chi connectivity index (χ1v) is 7.51. The molecule has 1 N–H and O–H groups in total. The maximum absolute atomic E-state index is 12.7. The van der Waals surface area contributed by atoms with Crippen molar-refractivity contribution in [2.24, 2.45) is 0 Å². The molecule has 1 unspecified atom stereocenters. The Morgan fingerprint density at radius 3 is 2.67 bits per heavy atom. The number of ether oxygens (including phenoxy) is 2. The van der Waals surface area contributed by atoms with Crippen molar-refractivity contribution in [2.75, 3.05) is 20.3 Å². The van der Waals surface area contributed by atoms with Crippen LogP contribution in [0.15, 0.2) is 18.2 Å². The molecule has 2 aliphatic rings. The summed E-state index contributed by atoms with van der Waals surface area (Å²) in [6.45, 7) is 0.565. The minimum absolute atomic E-state index is 0.0843. The van der Waals surface area contributed by atoms with Crippen LogP contribution in [0.1, 0.15) is 33.6 Å². The molecule has 3 rings (SSSR count). The van der Waals surface area contributed by atoms with Gasteiger partial charge in [0.05, 0.1) is 17.7 Å². The predicted molar refractivity (Wildman–Crippen MR) is 80.5 cm³/mol. The maximum atomic E-state index is 12.7. The van der Waals surface area contributed by atoms with Crippen molar-refractivity contribution < 1.29 is 28.7 Å². The van der Waals surface area contributed by atoms with Crippen molar-refractivity contribution in [3.8, 4) is 5.75 Å². The molecule has 0 aliphatic carbocycles. The van der Waals surface area contributed by atoms with Crippen molar-refractivity contribution in [1.29, 1.82) is 0 Å². The SMILES string of the molecule is COCCOc1cccc2c1C(=O)N(C1CCC(=O)NC1=O)C2=O. The Balaban J connectivity index is 1.89. The number of imide groups is 2. The Morgan fingerprint density at radius 1 is 1.17 bits per heavy atom. The minimum Gasteiger partial charge on any atom is -0.490 e. The summed E-state index contributed by atoms with van der Waals surface area (Å²) in [5.41, 5.74) is 0.336. The predicted octanol–water partition coefficient (Wildman–Crippen LogP) is 0.113. The van der Waals surface area contributed by atoms with E-state index < -0.39 is 29.7 Å². The molecule has 8 heteroatoms. The van der Waals surface area contributed by atoms with E-state index in [4.69, 9.17) is 9.47 Å². The van der Waals surface area contributed by atoms with Crippen LogP contribution < -0.4 is 10.1 Å². The van der Waals surface area contributed by atoms with Crippen LogP contribution in [-0.4, -0.2) is 54.9 Å². The number of nitrogens with one attached hydrogen (secondary N) is 1. The molecule has 0 bridgehead atoms. The van der Waals surface area contributed by atoms with Gasteiger partial charge in [0.25, 0.3) is 11.8 Å². The van der Waals surface area contributed by atoms with E-state index in [-0.39, 0.29) is 36.3 Å². The molecule has 126 valence electrons. The number of rotatable bonds is 5. The first kappa shape index (κ1) is 16.1. The zero-order valence-corrected chi connectivity index (χ0v) is 13.0. The topological polar surface area (TPSA) is 102 Å². The Hall–Kier alpha value is -2.74. The van der Waals surface area contributed by atoms with Gasteiger partial charge in [-0.1, -0.05) is 6.07 Å². The second-order valence-electron chi connectivity index (χ2n) is 5.47. The van der Waals surface area contributed by atoms with Gasteiger partial charge in [-0.15, -0.1) is 0 Å². The fourth-order valence-corrected chi connectivity index (χ4v) is 2.84. The summed E-state index contributed by atoms with van der Waals surface area (Å²) < 4.78 is 10.4. The number of methoxy groups -OCH3 is 1. The third-order valence-electron chi connectivity index (χ3n) is 3.97. The molecule has 24 heavy (non-hydrogen) atoms. The summed E-state index contributed by atoms with van der Waals surface area (Å²) in [5, 5.41) is 2.16. The molecular weight excluding hydrogens is 316 g/mol. The van der Waals surface area contributed by atoms with E-state index in [1.54, 1.807) is 12.1 Å². The number of benzene rings is 1. The highest BCUT2D eigenvalue weighted by molar-refractivity contribution is 6.24. The Bertz CT molecular complexity index is 729. The molecule has 0 spiro atoms. The van der Waals surface area contributed by atoms with E-state index in [1.165, 1.54) is 13.2 Å². The Labute approximate surface area is 137 Å². The van der Waals surface area contributed by atoms with Crippen molar-refractivity contribution >= 4 is 23.6 Å². The lowest BCUT2D eigenvalue weighted by Gasteiger charge is -2.27. The van der Waals surface area contributed by atoms with Gasteiger partial charge in [-0.3, -0.25) is 29.4 Å². The van der Waals surface area contributed by atoms with Crippen LogP contribution in [0.2, 0.25) is 0 Å². The van der Waals surface area contributed by atoms with Gasteiger partial charge in [-0.25, -0.2) is 0 Å². The highest BCUT2D eigenvalue weighted by Gasteiger charge is 2.45. The van der Waals surface area contributed by atoms with Gasteiger partial charge < -0.3 is 9.47 Å². The number of fused-ring (bicyclic) bond motifs is 1. The summed E-state index contributed by atoms with van der Waals surface area (Å²) in [7, 11) is 1.53. The largest absolute Gasteiger partial charge is 0.490 e. The molecule has 2 heterocycles. The smallest absolute Gasteiger partial charge is 0.266 e. The van der Waals surface area contributed by atoms with Gasteiger partial charge in [-0.05, 0) is 18.6 Å². The lowest BCUT2D eigenvalue weighted by atomic mass is 10.0. The number of carbonyl (C=O) groups is 4. The van der Waals surface area contributed by atoms with Gasteiger partial charge in [0, 0.05) is 13.5 Å². The maximum Gasteiger partial charge on any atom is 0.266 e. The number of piperidine rings is 1. The van der Waals surface area contributed by atoms with Crippen LogP contribution in [0.3, 0.4) is 0 Å². The fourth-order valence-electron chi connectivity index (χ4n) is 2.84. The van der Waals surface area contributed by atoms with E-state index in [9.17, 15) is 19.2 Å². The summed E-state index contributed by atoms with van der Waals surface area (Å²) in [6.07, 6.45) is 0.205. The third kappa shape index (κ3) is 2.65. The standard InChI is InChI=1S/C16H16N2O6/c1-23-7-8-24-11-4-2-3-9-13(11)16(22)18(15(9)21)10-5-6-12(19)17-14(10)20/h2-4,10H,5-8H2,1H3,(H,17,19,20). The molecule has 1 atom stereocenters. The zero-order chi connectivity index (χ0) is 17.3. The van der Waals surface area contributed by atoms with Gasteiger partial charge in [0.15, 0.2) is 0 Å². The van der Waals surface area contributed by atoms with Crippen LogP contribution in [0.25, 0.3) is 0 Å². The van der Waals surface area contributed by atoms with Crippen LogP contribution in [-0.2, 0) is 14.3 Å². The molecular formula is C16H16N2O6. The van der Waals surface area contributed by atoms with Gasteiger partial charge >= 0.3 is 0 Å². The molecule has 1 aromatic carbocycles. The van der Waals surface area contributed by atoms with Crippen molar-refractivity contribution in [2.45, 2.75) is 18.9 Å². The van der Waals surface area contributed by atoms with Gasteiger partial charge in [0.2, 0.25) is 11.8 Å². The quantitative estimate of drug-likeness (QED) is 0.607. The highest BCUT2D eigenvalue weighted by atomic mass is 16.5. The first-order chi connectivity index (χ1) is 11.5. The normalized spacial score (nSPS) is 20.2. The van der Waals surface area contributed by atoms with E-state index in [0.717, 1.165) is 4.90 Å². The van der Waals surface area contributed by atoms with E-state index in [1.807, 2.05) is 0 Å². The zero-order valence-electron chi connectivity index (χ0n) is 13.0. The number of carbonyl (C=O) groups excluding carboxylic acids is 4. The summed E-state index contributed by atoms with van der Waals surface area (Å²) in [6, 6.07) is 3.74. The number of hydrogen-bond acceptors (Lipinski definition) is 6. The second-order valence-corrected chi connectivity index (χ2v) is 5.47. The average molecular weight is 332 g/mol. The lowest BCUT2D eigenvalue weighted by Crippen LogP contribution is -2.54. The van der Waals surface area contributed by atoms with Gasteiger partial charge in [-0.2, -0.15) is 0 Å². The monoisotopic (exact) mass is 332 g/mol. The molecule has 0 radical (unpaired) electrons. The lowest BCUT2D eigenvalue weighted by molar-refractivity contribution is -0.136. The van der Waals surface area contributed by atoms with E-state index >= 15 is 0 Å². The van der Waals surface area contributed by atoms with E-state index in [2.05, 4.69) is 5.32 Å². The summed E-state index contributed by atoms with van der Waals surface area (Å²) in [4.78, 5) is 49.5. The molecule has 8 nitrogen and oxygen atoms in total. The molecule has 1 fully saturated rings. The molecule has 0 saturated carbocycles. The average Bonchev–Trinajstić information content (AvgIpc) is 2.81. The molecule has 2 aliphatic heterocycles. The minimum atomic E-state index is -0.984. The van der Waals surface area contributed by atoms with E-state index in [0.29, 0.717) is 6.61 Å². The third-order valence-corrected chi connectivity index (χ3v) is 3.97. The Morgan fingerprint density at radius 2 is 1.96 bits per heavy atom. The highest BCUT2D eigenvalue weighted by Crippen LogP contribution is 2.33. The first-order valence-electron chi connectivity index (χ1n) is 7.51. The van der Waals surface area contributed by atoms with Crippen molar-refractivity contribution in [1.82, 2.24) is 10.2 Å². The number of nitrogens with zero attached hydrogens (tertiary/aromatic N) is 1. The summed E-state index contributed by atoms with van der Waals surface area (Å²) >= 11 is 0. The van der Waals surface area contributed by atoms with Crippen LogP contribution in [0.4, 0.5) is 0 Å². The van der Waals surface area contributed by atoms with Crippen LogP contribution in [0.5, 0.6) is 5.75 Å². The molecule has 1 aromatic rings. The van der Waals surface area contributed by atoms with Gasteiger partial charge in [0.1, 0.15) is 18.4 Å². The van der Waals surface area contributed by atoms with Crippen LogP contribution in [0, 0.1) is 0 Å². The second kappa shape index (κ2) is 6.40.